The Balaban J connectivity index is 1.09. The van der Waals surface area contributed by atoms with Crippen molar-refractivity contribution in [3.63, 3.8) is 0 Å². The van der Waals surface area contributed by atoms with Crippen molar-refractivity contribution in [1.82, 2.24) is 5.32 Å². The summed E-state index contributed by atoms with van der Waals surface area (Å²) in [7, 11) is 0. The van der Waals surface area contributed by atoms with E-state index in [4.69, 9.17) is 9.15 Å². The molecule has 1 amide bonds. The van der Waals surface area contributed by atoms with Gasteiger partial charge in [-0.05, 0) is 74.3 Å². The molecule has 0 saturated heterocycles. The van der Waals surface area contributed by atoms with Crippen LogP contribution in [0.25, 0.3) is 0 Å². The highest BCUT2D eigenvalue weighted by Gasteiger charge is 2.56. The number of carbonyl (C=O) groups is 2. The number of nitrogens with one attached hydrogen (secondary N) is 1. The second-order valence-corrected chi connectivity index (χ2v) is 11.1. The molecule has 1 N–H and O–H groups in total. The third-order valence-electron chi connectivity index (χ3n) is 7.12. The molecule has 6 rings (SSSR count). The van der Waals surface area contributed by atoms with Gasteiger partial charge in [-0.3, -0.25) is 9.59 Å². The third-order valence-corrected chi connectivity index (χ3v) is 8.05. The van der Waals surface area contributed by atoms with Crippen LogP contribution in [-0.2, 0) is 14.3 Å². The minimum atomic E-state index is -0.291. The first-order valence-electron chi connectivity index (χ1n) is 10.1. The van der Waals surface area contributed by atoms with E-state index in [1.807, 2.05) is 12.1 Å². The van der Waals surface area contributed by atoms with Gasteiger partial charge < -0.3 is 14.5 Å². The molecule has 27 heavy (non-hydrogen) atoms. The van der Waals surface area contributed by atoms with Crippen LogP contribution in [0.5, 0.6) is 0 Å². The molecular formula is C21H26BrNO4. The van der Waals surface area contributed by atoms with Crippen LogP contribution in [0, 0.1) is 23.2 Å². The van der Waals surface area contributed by atoms with Gasteiger partial charge >= 0.3 is 5.97 Å². The fourth-order valence-corrected chi connectivity index (χ4v) is 7.91. The Hall–Kier alpha value is -1.30. The predicted molar refractivity (Wildman–Crippen MR) is 102 cm³/mol. The number of alkyl halides is 1. The Morgan fingerprint density at radius 3 is 2.67 bits per heavy atom. The highest BCUT2D eigenvalue weighted by Crippen LogP contribution is 2.64. The van der Waals surface area contributed by atoms with Crippen molar-refractivity contribution in [2.45, 2.75) is 55.2 Å². The maximum atomic E-state index is 12.3. The highest BCUT2D eigenvalue weighted by molar-refractivity contribution is 9.10. The third kappa shape index (κ3) is 3.45. The lowest BCUT2D eigenvalue weighted by atomic mass is 9.49. The van der Waals surface area contributed by atoms with E-state index in [1.165, 1.54) is 32.1 Å². The predicted octanol–water partition coefficient (Wildman–Crippen LogP) is 3.78. The van der Waals surface area contributed by atoms with Crippen LogP contribution in [0.3, 0.4) is 0 Å². The molecule has 4 bridgehead atoms. The number of furan rings is 1. The number of hydrogen-bond donors (Lipinski definition) is 1. The van der Waals surface area contributed by atoms with Gasteiger partial charge in [-0.15, -0.1) is 0 Å². The first-order chi connectivity index (χ1) is 12.9. The average molecular weight is 436 g/mol. The second kappa shape index (κ2) is 6.36. The maximum absolute atomic E-state index is 12.3. The first-order valence-corrected chi connectivity index (χ1v) is 10.9. The first kappa shape index (κ1) is 17.8. The molecule has 1 aromatic rings. The van der Waals surface area contributed by atoms with Crippen LogP contribution in [0.4, 0.5) is 0 Å². The fraction of sp³-hybridized carbons (Fsp3) is 0.714. The fourth-order valence-electron chi connectivity index (χ4n) is 6.40. The molecule has 1 aromatic heterocycles. The van der Waals surface area contributed by atoms with Gasteiger partial charge in [0.05, 0.1) is 12.2 Å². The summed E-state index contributed by atoms with van der Waals surface area (Å²) in [6, 6.07) is 3.71. The zero-order valence-corrected chi connectivity index (χ0v) is 17.0. The average Bonchev–Trinajstić information content (AvgIpc) is 3.21. The lowest BCUT2D eigenvalue weighted by Crippen LogP contribution is -2.56. The molecular weight excluding hydrogens is 410 g/mol. The van der Waals surface area contributed by atoms with Gasteiger partial charge in [0.15, 0.2) is 6.61 Å². The van der Waals surface area contributed by atoms with Gasteiger partial charge in [-0.25, -0.2) is 0 Å². The monoisotopic (exact) mass is 435 g/mol. The molecule has 5 aliphatic carbocycles. The number of halogens is 1. The SMILES string of the molecule is O=C(COC(=O)[C@@H]1C[C@@H]1c1ccco1)NCC12C[C@H]3C[C@@H](CC(Br)(C3)C1)C2. The standard InChI is InChI=1S/C21H26BrNO4/c22-21-8-13-4-14(9-21)7-20(6-13,11-21)12-23-18(24)10-27-19(25)16-5-15(16)17-2-1-3-26-17/h1-3,13-16H,4-12H2,(H,23,24)/t13-,14-,15+,16-,20?,21?/m1/s1. The summed E-state index contributed by atoms with van der Waals surface area (Å²) in [5.41, 5.74) is 0.230. The molecule has 0 radical (unpaired) electrons. The summed E-state index contributed by atoms with van der Waals surface area (Å²) in [4.78, 5) is 24.4. The van der Waals surface area contributed by atoms with Gasteiger partial charge in [0.25, 0.3) is 5.91 Å². The molecule has 0 aliphatic heterocycles. The molecule has 5 fully saturated rings. The summed E-state index contributed by atoms with van der Waals surface area (Å²) in [5, 5.41) is 3.05. The van der Waals surface area contributed by atoms with E-state index in [2.05, 4.69) is 21.2 Å². The molecule has 5 aliphatic rings. The van der Waals surface area contributed by atoms with E-state index >= 15 is 0 Å². The summed E-state index contributed by atoms with van der Waals surface area (Å²) >= 11 is 4.00. The van der Waals surface area contributed by atoms with Crippen LogP contribution < -0.4 is 5.32 Å². The van der Waals surface area contributed by atoms with Gasteiger partial charge in [0.1, 0.15) is 5.76 Å². The lowest BCUT2D eigenvalue weighted by Gasteiger charge is -2.60. The van der Waals surface area contributed by atoms with Crippen molar-refractivity contribution in [1.29, 1.82) is 0 Å². The van der Waals surface area contributed by atoms with Crippen LogP contribution >= 0.6 is 15.9 Å². The number of amides is 1. The van der Waals surface area contributed by atoms with Crippen LogP contribution in [0.15, 0.2) is 22.8 Å². The molecule has 0 aromatic carbocycles. The minimum Gasteiger partial charge on any atom is -0.469 e. The van der Waals surface area contributed by atoms with Gasteiger partial charge in [0, 0.05) is 16.8 Å². The molecule has 1 heterocycles. The van der Waals surface area contributed by atoms with E-state index in [9.17, 15) is 9.59 Å². The van der Waals surface area contributed by atoms with Gasteiger partial charge in [-0.1, -0.05) is 15.9 Å². The van der Waals surface area contributed by atoms with E-state index in [0.717, 1.165) is 30.4 Å². The number of hydrogen-bond acceptors (Lipinski definition) is 4. The maximum Gasteiger partial charge on any atom is 0.310 e. The van der Waals surface area contributed by atoms with Gasteiger partial charge in [-0.2, -0.15) is 0 Å². The number of carbonyl (C=O) groups excluding carboxylic acids is 2. The largest absolute Gasteiger partial charge is 0.469 e. The van der Waals surface area contributed by atoms with E-state index in [0.29, 0.717) is 10.9 Å². The van der Waals surface area contributed by atoms with Crippen LogP contribution in [-0.4, -0.2) is 29.4 Å². The molecule has 5 nitrogen and oxygen atoms in total. The molecule has 146 valence electrons. The smallest absolute Gasteiger partial charge is 0.310 e. The second-order valence-electron chi connectivity index (χ2n) is 9.46. The lowest BCUT2D eigenvalue weighted by molar-refractivity contribution is -0.150. The van der Waals surface area contributed by atoms with Gasteiger partial charge in [0.2, 0.25) is 0 Å². The Morgan fingerprint density at radius 2 is 2.00 bits per heavy atom. The Morgan fingerprint density at radius 1 is 1.22 bits per heavy atom. The molecule has 4 atom stereocenters. The van der Waals surface area contributed by atoms with E-state index in [1.54, 1.807) is 6.26 Å². The van der Waals surface area contributed by atoms with Crippen molar-refractivity contribution in [2.75, 3.05) is 13.2 Å². The van der Waals surface area contributed by atoms with Crippen molar-refractivity contribution < 1.29 is 18.7 Å². The summed E-state index contributed by atoms with van der Waals surface area (Å²) < 4.78 is 10.9. The van der Waals surface area contributed by atoms with E-state index < -0.39 is 0 Å². The number of rotatable bonds is 6. The molecule has 5 saturated carbocycles. The molecule has 0 unspecified atom stereocenters. The Labute approximate surface area is 167 Å². The topological polar surface area (TPSA) is 68.5 Å². The van der Waals surface area contributed by atoms with Crippen molar-refractivity contribution in [2.24, 2.45) is 23.2 Å². The quantitative estimate of drug-likeness (QED) is 0.545. The number of ether oxygens (including phenoxy) is 1. The normalized spacial score (nSPS) is 41.4. The molecule has 6 heteroatoms. The zero-order valence-electron chi connectivity index (χ0n) is 15.4. The highest BCUT2D eigenvalue weighted by atomic mass is 79.9. The van der Waals surface area contributed by atoms with Crippen molar-refractivity contribution in [3.8, 4) is 0 Å². The zero-order chi connectivity index (χ0) is 18.6. The molecule has 0 spiro atoms. The summed E-state index contributed by atoms with van der Waals surface area (Å²) in [5.74, 6) is 1.89. The Kier molecular flexibility index (Phi) is 4.19. The van der Waals surface area contributed by atoms with Crippen LogP contribution in [0.2, 0.25) is 0 Å². The number of esters is 1. The van der Waals surface area contributed by atoms with Crippen molar-refractivity contribution in [3.05, 3.63) is 24.2 Å². The van der Waals surface area contributed by atoms with E-state index in [-0.39, 0.29) is 35.7 Å². The Bertz CT molecular complexity index is 731. The summed E-state index contributed by atoms with van der Waals surface area (Å²) in [6.07, 6.45) is 9.90. The van der Waals surface area contributed by atoms with Crippen molar-refractivity contribution >= 4 is 27.8 Å². The minimum absolute atomic E-state index is 0.109. The summed E-state index contributed by atoms with van der Waals surface area (Å²) in [6.45, 7) is 0.533. The van der Waals surface area contributed by atoms with Crippen LogP contribution in [0.1, 0.15) is 56.6 Å².